The van der Waals surface area contributed by atoms with Crippen LogP contribution < -0.4 is 5.32 Å². The minimum absolute atomic E-state index is 0.0184. The summed E-state index contributed by atoms with van der Waals surface area (Å²) in [7, 11) is 0. The van der Waals surface area contributed by atoms with Crippen LogP contribution in [0.2, 0.25) is 10.0 Å². The van der Waals surface area contributed by atoms with E-state index in [-0.39, 0.29) is 21.5 Å². The lowest BCUT2D eigenvalue weighted by atomic mass is 9.97. The van der Waals surface area contributed by atoms with Crippen LogP contribution in [0, 0.1) is 0 Å². The lowest BCUT2D eigenvalue weighted by molar-refractivity contribution is -0.139. The summed E-state index contributed by atoms with van der Waals surface area (Å²) < 4.78 is 40.4. The van der Waals surface area contributed by atoms with Crippen molar-refractivity contribution in [1.29, 1.82) is 0 Å². The third kappa shape index (κ3) is 6.60. The molecule has 1 N–H and O–H groups in total. The van der Waals surface area contributed by atoms with Crippen molar-refractivity contribution in [3.8, 4) is 0 Å². The van der Waals surface area contributed by atoms with Gasteiger partial charge in [-0.2, -0.15) is 13.2 Å². The monoisotopic (exact) mass is 415 g/mol. The first kappa shape index (κ1) is 21.3. The molecule has 0 aliphatic carbocycles. The van der Waals surface area contributed by atoms with Crippen LogP contribution >= 0.6 is 23.2 Å². The Kier molecular flexibility index (Phi) is 7.33. The highest BCUT2D eigenvalue weighted by Crippen LogP contribution is 2.38. The molecule has 144 valence electrons. The maximum atomic E-state index is 13.5. The second-order valence-corrected chi connectivity index (χ2v) is 6.83. The van der Waals surface area contributed by atoms with Gasteiger partial charge in [0.1, 0.15) is 0 Å². The highest BCUT2D eigenvalue weighted by molar-refractivity contribution is 6.34. The Balaban J connectivity index is 2.17. The summed E-state index contributed by atoms with van der Waals surface area (Å²) in [6, 6.07) is 10.8. The molecule has 1 unspecified atom stereocenters. The molecule has 0 radical (unpaired) electrons. The molecule has 0 fully saturated rings. The molecule has 0 bridgehead atoms. The van der Waals surface area contributed by atoms with Gasteiger partial charge in [0.25, 0.3) is 0 Å². The van der Waals surface area contributed by atoms with E-state index in [2.05, 4.69) is 5.32 Å². The molecule has 2 aromatic rings. The fourth-order valence-corrected chi connectivity index (χ4v) is 2.99. The minimum Gasteiger partial charge on any atom is -0.352 e. The zero-order valence-electron chi connectivity index (χ0n) is 14.5. The average Bonchev–Trinajstić information content (AvgIpc) is 2.59. The van der Waals surface area contributed by atoms with Crippen molar-refractivity contribution >= 4 is 35.2 Å². The highest BCUT2D eigenvalue weighted by Gasteiger charge is 2.39. The molecule has 0 aromatic heterocycles. The first-order chi connectivity index (χ1) is 12.7. The summed E-state index contributed by atoms with van der Waals surface area (Å²) in [5.41, 5.74) is 1.46. The molecular weight excluding hydrogens is 398 g/mol. The smallest absolute Gasteiger partial charge is 0.352 e. The number of nitrogens with one attached hydrogen (secondary N) is 1. The molecule has 0 saturated carbocycles. The Hall–Kier alpha value is -1.98. The van der Waals surface area contributed by atoms with Crippen molar-refractivity contribution in [1.82, 2.24) is 5.32 Å². The zero-order valence-corrected chi connectivity index (χ0v) is 16.0. The van der Waals surface area contributed by atoms with E-state index in [0.29, 0.717) is 18.5 Å². The average molecular weight is 416 g/mol. The van der Waals surface area contributed by atoms with Crippen LogP contribution in [0.25, 0.3) is 6.08 Å². The van der Waals surface area contributed by atoms with Gasteiger partial charge in [0.15, 0.2) is 0 Å². The summed E-state index contributed by atoms with van der Waals surface area (Å²) in [5, 5.41) is 3.04. The largest absolute Gasteiger partial charge is 0.399 e. The number of hydrogen-bond acceptors (Lipinski definition) is 1. The maximum Gasteiger partial charge on any atom is 0.399 e. The molecule has 0 aliphatic rings. The van der Waals surface area contributed by atoms with E-state index in [1.54, 1.807) is 31.2 Å². The van der Waals surface area contributed by atoms with Crippen molar-refractivity contribution in [3.63, 3.8) is 0 Å². The molecular formula is C20H18Cl2F3NO. The molecule has 0 spiro atoms. The minimum atomic E-state index is -4.48. The second kappa shape index (κ2) is 9.29. The van der Waals surface area contributed by atoms with Gasteiger partial charge in [-0.1, -0.05) is 66.5 Å². The molecule has 2 aromatic carbocycles. The molecule has 0 heterocycles. The molecule has 0 saturated heterocycles. The van der Waals surface area contributed by atoms with Gasteiger partial charge in [0.05, 0.1) is 5.92 Å². The van der Waals surface area contributed by atoms with Gasteiger partial charge in [-0.05, 0) is 34.9 Å². The predicted molar refractivity (Wildman–Crippen MR) is 103 cm³/mol. The molecule has 2 rings (SSSR count). The fraction of sp³-hybridized carbons (Fsp3) is 0.250. The molecule has 0 aliphatic heterocycles. The molecule has 2 nitrogen and oxygen atoms in total. The van der Waals surface area contributed by atoms with Gasteiger partial charge in [0, 0.05) is 23.0 Å². The summed E-state index contributed by atoms with van der Waals surface area (Å²) in [5.74, 6) is -1.88. The third-order valence-corrected chi connectivity index (χ3v) is 4.30. The highest BCUT2D eigenvalue weighted by atomic mass is 35.5. The number of rotatable bonds is 6. The van der Waals surface area contributed by atoms with Crippen LogP contribution in [0.5, 0.6) is 0 Å². The van der Waals surface area contributed by atoms with Crippen LogP contribution in [-0.4, -0.2) is 12.1 Å². The standard InChI is InChI=1S/C20H18Cl2F3NO/c1-2-19(27)26-12-14-5-3-13(4-6-14)7-8-18(20(23,24)25)15-9-16(21)11-17(22)10-15/h3-11,18H,2,12H2,1H3,(H,26,27). The maximum absolute atomic E-state index is 13.5. The number of benzene rings is 2. The van der Waals surface area contributed by atoms with Crippen LogP contribution in [0.3, 0.4) is 0 Å². The van der Waals surface area contributed by atoms with E-state index < -0.39 is 12.1 Å². The predicted octanol–water partition coefficient (Wildman–Crippen LogP) is 6.38. The Morgan fingerprint density at radius 2 is 1.70 bits per heavy atom. The quantitative estimate of drug-likeness (QED) is 0.582. The molecule has 1 amide bonds. The molecule has 27 heavy (non-hydrogen) atoms. The Morgan fingerprint density at radius 3 is 2.22 bits per heavy atom. The topological polar surface area (TPSA) is 29.1 Å². The molecule has 1 atom stereocenters. The van der Waals surface area contributed by atoms with Crippen molar-refractivity contribution in [2.45, 2.75) is 32.0 Å². The van der Waals surface area contributed by atoms with Crippen LogP contribution in [0.1, 0.15) is 36.0 Å². The van der Waals surface area contributed by atoms with Crippen molar-refractivity contribution in [2.24, 2.45) is 0 Å². The lowest BCUT2D eigenvalue weighted by Crippen LogP contribution is -2.21. The van der Waals surface area contributed by atoms with E-state index in [9.17, 15) is 18.0 Å². The number of carbonyl (C=O) groups excluding carboxylic acids is 1. The van der Waals surface area contributed by atoms with Crippen LogP contribution in [-0.2, 0) is 11.3 Å². The van der Waals surface area contributed by atoms with Crippen LogP contribution in [0.4, 0.5) is 13.2 Å². The first-order valence-electron chi connectivity index (χ1n) is 8.25. The summed E-state index contributed by atoms with van der Waals surface area (Å²) >= 11 is 11.7. The second-order valence-electron chi connectivity index (χ2n) is 5.95. The van der Waals surface area contributed by atoms with Gasteiger partial charge in [0.2, 0.25) is 5.91 Å². The van der Waals surface area contributed by atoms with Crippen molar-refractivity contribution < 1.29 is 18.0 Å². The Labute approximate surface area is 166 Å². The molecule has 7 heteroatoms. The van der Waals surface area contributed by atoms with E-state index >= 15 is 0 Å². The van der Waals surface area contributed by atoms with Gasteiger partial charge in [-0.15, -0.1) is 0 Å². The van der Waals surface area contributed by atoms with Gasteiger partial charge in [-0.3, -0.25) is 4.79 Å². The normalized spacial score (nSPS) is 13.0. The number of halogens is 5. The lowest BCUT2D eigenvalue weighted by Gasteiger charge is -2.18. The Morgan fingerprint density at radius 1 is 1.11 bits per heavy atom. The zero-order chi connectivity index (χ0) is 20.0. The van der Waals surface area contributed by atoms with Crippen LogP contribution in [0.15, 0.2) is 48.5 Å². The van der Waals surface area contributed by atoms with Gasteiger partial charge >= 0.3 is 6.18 Å². The van der Waals surface area contributed by atoms with Crippen molar-refractivity contribution in [3.05, 3.63) is 75.3 Å². The first-order valence-corrected chi connectivity index (χ1v) is 9.01. The number of allylic oxidation sites excluding steroid dienone is 1. The summed E-state index contributed by atoms with van der Waals surface area (Å²) in [6.07, 6.45) is -1.60. The Bertz CT molecular complexity index is 797. The SMILES string of the molecule is CCC(=O)NCc1ccc(C=CC(c2cc(Cl)cc(Cl)c2)C(F)(F)F)cc1. The summed E-state index contributed by atoms with van der Waals surface area (Å²) in [6.45, 7) is 2.14. The van der Waals surface area contributed by atoms with Gasteiger partial charge in [-0.25, -0.2) is 0 Å². The van der Waals surface area contributed by atoms with Crippen molar-refractivity contribution in [2.75, 3.05) is 0 Å². The van der Waals surface area contributed by atoms with E-state index in [1.807, 2.05) is 0 Å². The van der Waals surface area contributed by atoms with Gasteiger partial charge < -0.3 is 5.32 Å². The fourth-order valence-electron chi connectivity index (χ4n) is 2.44. The van der Waals surface area contributed by atoms with E-state index in [1.165, 1.54) is 24.3 Å². The number of hydrogen-bond donors (Lipinski definition) is 1. The number of amides is 1. The summed E-state index contributed by atoms with van der Waals surface area (Å²) in [4.78, 5) is 11.3. The van der Waals surface area contributed by atoms with E-state index in [0.717, 1.165) is 11.6 Å². The van der Waals surface area contributed by atoms with E-state index in [4.69, 9.17) is 23.2 Å². The third-order valence-electron chi connectivity index (χ3n) is 3.87. The number of carbonyl (C=O) groups is 1. The number of alkyl halides is 3.